The highest BCUT2D eigenvalue weighted by Gasteiger charge is 2.47. The number of benzene rings is 3. The minimum atomic E-state index is -0.0189. The monoisotopic (exact) mass is 451 g/mol. The quantitative estimate of drug-likeness (QED) is 0.408. The minimum Gasteiger partial charge on any atom is -0.355 e. The number of carbonyl (C=O) groups excluding carboxylic acids is 1. The third kappa shape index (κ3) is 3.61. The Labute approximate surface area is 201 Å². The molecule has 0 radical (unpaired) electrons. The molecular weight excluding hydrogens is 418 g/mol. The van der Waals surface area contributed by atoms with Gasteiger partial charge in [-0.15, -0.1) is 0 Å². The number of nitrogens with zero attached hydrogens (tertiary/aromatic N) is 1. The first-order valence-corrected chi connectivity index (χ1v) is 12.6. The highest BCUT2D eigenvalue weighted by molar-refractivity contribution is 6.07. The van der Waals surface area contributed by atoms with Crippen molar-refractivity contribution in [1.29, 1.82) is 0 Å². The molecule has 1 aliphatic carbocycles. The summed E-state index contributed by atoms with van der Waals surface area (Å²) in [6.45, 7) is 7.19. The summed E-state index contributed by atoms with van der Waals surface area (Å²) < 4.78 is 0. The van der Waals surface area contributed by atoms with Gasteiger partial charge in [-0.3, -0.25) is 9.69 Å². The van der Waals surface area contributed by atoms with Crippen LogP contribution in [-0.4, -0.2) is 34.9 Å². The zero-order valence-electron chi connectivity index (χ0n) is 20.1. The largest absolute Gasteiger partial charge is 0.355 e. The lowest BCUT2D eigenvalue weighted by Gasteiger charge is -2.40. The Morgan fingerprint density at radius 3 is 2.56 bits per heavy atom. The maximum absolute atomic E-state index is 13.0. The number of hydrogen-bond acceptors (Lipinski definition) is 2. The van der Waals surface area contributed by atoms with Crippen LogP contribution in [0.5, 0.6) is 0 Å². The lowest BCUT2D eigenvalue weighted by Crippen LogP contribution is -2.42. The second-order valence-electron chi connectivity index (χ2n) is 10.6. The van der Waals surface area contributed by atoms with E-state index in [2.05, 4.69) is 81.9 Å². The Kier molecular flexibility index (Phi) is 5.22. The first-order valence-electron chi connectivity index (χ1n) is 12.6. The smallest absolute Gasteiger partial charge is 0.227 e. The molecule has 1 atom stereocenters. The number of aromatic nitrogens is 1. The van der Waals surface area contributed by atoms with E-state index in [0.717, 1.165) is 38.9 Å². The van der Waals surface area contributed by atoms with Crippen LogP contribution in [0.3, 0.4) is 0 Å². The number of nitrogens with one attached hydrogen (secondary N) is 2. The molecule has 0 saturated carbocycles. The standard InChI is InChI=1S/C30H33N3O/c1-20(2)31-29(34)25-18-30(26-9-5-3-7-22(25)26)13-15-33(16-14-30)19-21-11-12-24-23-8-4-6-10-27(23)32-28(24)17-21/h3-12,17,20,25,32H,13-16,18-19H2,1-2H3,(H,31,34). The fourth-order valence-electron chi connectivity index (χ4n) is 6.38. The predicted molar refractivity (Wildman–Crippen MR) is 139 cm³/mol. The average Bonchev–Trinajstić information content (AvgIpc) is 3.36. The van der Waals surface area contributed by atoms with Crippen molar-refractivity contribution in [3.05, 3.63) is 83.4 Å². The molecule has 0 bridgehead atoms. The number of para-hydroxylation sites is 1. The van der Waals surface area contributed by atoms with E-state index in [1.54, 1.807) is 0 Å². The van der Waals surface area contributed by atoms with Gasteiger partial charge < -0.3 is 10.3 Å². The number of likely N-dealkylation sites (tertiary alicyclic amines) is 1. The van der Waals surface area contributed by atoms with Gasteiger partial charge in [-0.05, 0) is 80.4 Å². The summed E-state index contributed by atoms with van der Waals surface area (Å²) in [6, 6.07) is 24.2. The fraction of sp³-hybridized carbons (Fsp3) is 0.367. The van der Waals surface area contributed by atoms with Gasteiger partial charge in [0, 0.05) is 34.4 Å². The summed E-state index contributed by atoms with van der Waals surface area (Å²) in [5.74, 6) is 0.169. The normalized spacial score (nSPS) is 19.8. The minimum absolute atomic E-state index is 0.0189. The van der Waals surface area contributed by atoms with Crippen LogP contribution in [0.2, 0.25) is 0 Å². The van der Waals surface area contributed by atoms with E-state index >= 15 is 0 Å². The summed E-state index contributed by atoms with van der Waals surface area (Å²) in [4.78, 5) is 19.2. The number of H-pyrrole nitrogens is 1. The van der Waals surface area contributed by atoms with Crippen LogP contribution in [0.25, 0.3) is 21.8 Å². The van der Waals surface area contributed by atoms with Gasteiger partial charge in [-0.1, -0.05) is 54.6 Å². The molecule has 4 nitrogen and oxygen atoms in total. The van der Waals surface area contributed by atoms with E-state index in [0.29, 0.717) is 0 Å². The van der Waals surface area contributed by atoms with Gasteiger partial charge in [-0.25, -0.2) is 0 Å². The number of hydrogen-bond donors (Lipinski definition) is 2. The number of rotatable bonds is 4. The van der Waals surface area contributed by atoms with Gasteiger partial charge in [-0.2, -0.15) is 0 Å². The number of carbonyl (C=O) groups is 1. The van der Waals surface area contributed by atoms with Crippen molar-refractivity contribution in [3.8, 4) is 0 Å². The van der Waals surface area contributed by atoms with Crippen molar-refractivity contribution in [1.82, 2.24) is 15.2 Å². The Balaban J connectivity index is 1.19. The second-order valence-corrected chi connectivity index (χ2v) is 10.6. The molecule has 1 aliphatic heterocycles. The molecule has 1 amide bonds. The third-order valence-electron chi connectivity index (χ3n) is 8.04. The number of amides is 1. The van der Waals surface area contributed by atoms with Crippen LogP contribution in [0.4, 0.5) is 0 Å². The summed E-state index contributed by atoms with van der Waals surface area (Å²) in [5.41, 5.74) is 6.57. The fourth-order valence-corrected chi connectivity index (χ4v) is 6.38. The van der Waals surface area contributed by atoms with Crippen LogP contribution in [0, 0.1) is 0 Å². The second kappa shape index (κ2) is 8.28. The van der Waals surface area contributed by atoms with E-state index in [4.69, 9.17) is 0 Å². The molecule has 34 heavy (non-hydrogen) atoms. The Hall–Kier alpha value is -3.11. The van der Waals surface area contributed by atoms with Gasteiger partial charge in [0.1, 0.15) is 0 Å². The summed E-state index contributed by atoms with van der Waals surface area (Å²) >= 11 is 0. The van der Waals surface area contributed by atoms with Gasteiger partial charge >= 0.3 is 0 Å². The Bertz CT molecular complexity index is 1360. The van der Waals surface area contributed by atoms with Gasteiger partial charge in [0.2, 0.25) is 5.91 Å². The molecule has 3 aromatic carbocycles. The van der Waals surface area contributed by atoms with E-state index in [1.807, 2.05) is 13.8 Å². The van der Waals surface area contributed by atoms with Gasteiger partial charge in [0.15, 0.2) is 0 Å². The van der Waals surface area contributed by atoms with Crippen molar-refractivity contribution < 1.29 is 4.79 Å². The van der Waals surface area contributed by atoms with E-state index in [1.165, 1.54) is 38.5 Å². The van der Waals surface area contributed by atoms with Crippen molar-refractivity contribution in [2.75, 3.05) is 13.1 Å². The summed E-state index contributed by atoms with van der Waals surface area (Å²) in [5, 5.41) is 5.75. The summed E-state index contributed by atoms with van der Waals surface area (Å²) in [6.07, 6.45) is 3.17. The van der Waals surface area contributed by atoms with Crippen molar-refractivity contribution in [2.45, 2.75) is 57.0 Å². The van der Waals surface area contributed by atoms with Crippen LogP contribution in [0.1, 0.15) is 55.7 Å². The SMILES string of the molecule is CC(C)NC(=O)C1CC2(CCN(Cc3ccc4c(c3)[nH]c3ccccc34)CC2)c2ccccc21. The molecule has 174 valence electrons. The topological polar surface area (TPSA) is 48.1 Å². The molecule has 4 aromatic rings. The number of fused-ring (bicyclic) bond motifs is 5. The molecule has 1 fully saturated rings. The Morgan fingerprint density at radius 2 is 1.74 bits per heavy atom. The zero-order valence-corrected chi connectivity index (χ0v) is 20.1. The predicted octanol–water partition coefficient (Wildman–Crippen LogP) is 5.87. The molecule has 2 aliphatic rings. The van der Waals surface area contributed by atoms with Gasteiger partial charge in [0.05, 0.1) is 5.92 Å². The molecule has 1 aromatic heterocycles. The van der Waals surface area contributed by atoms with E-state index in [-0.39, 0.29) is 23.3 Å². The van der Waals surface area contributed by atoms with Crippen LogP contribution in [-0.2, 0) is 16.8 Å². The Morgan fingerprint density at radius 1 is 1.00 bits per heavy atom. The number of aromatic amines is 1. The number of piperidine rings is 1. The molecule has 1 saturated heterocycles. The first kappa shape index (κ1) is 21.4. The molecule has 1 unspecified atom stereocenters. The highest BCUT2D eigenvalue weighted by Crippen LogP contribution is 2.51. The zero-order chi connectivity index (χ0) is 23.3. The lowest BCUT2D eigenvalue weighted by molar-refractivity contribution is -0.123. The highest BCUT2D eigenvalue weighted by atomic mass is 16.1. The van der Waals surface area contributed by atoms with Crippen LogP contribution >= 0.6 is 0 Å². The van der Waals surface area contributed by atoms with Crippen LogP contribution in [0.15, 0.2) is 66.7 Å². The molecule has 2 heterocycles. The average molecular weight is 452 g/mol. The molecule has 6 rings (SSSR count). The van der Waals surface area contributed by atoms with Crippen molar-refractivity contribution >= 4 is 27.7 Å². The maximum atomic E-state index is 13.0. The molecule has 4 heteroatoms. The van der Waals surface area contributed by atoms with E-state index in [9.17, 15) is 4.79 Å². The maximum Gasteiger partial charge on any atom is 0.227 e. The summed E-state index contributed by atoms with van der Waals surface area (Å²) in [7, 11) is 0. The lowest BCUT2D eigenvalue weighted by atomic mass is 9.73. The first-order chi connectivity index (χ1) is 16.5. The molecule has 2 N–H and O–H groups in total. The van der Waals surface area contributed by atoms with Crippen LogP contribution < -0.4 is 5.32 Å². The molecule has 1 spiro atoms. The van der Waals surface area contributed by atoms with E-state index < -0.39 is 0 Å². The van der Waals surface area contributed by atoms with Crippen molar-refractivity contribution in [3.63, 3.8) is 0 Å². The third-order valence-corrected chi connectivity index (χ3v) is 8.04. The van der Waals surface area contributed by atoms with Gasteiger partial charge in [0.25, 0.3) is 0 Å². The molecular formula is C30H33N3O. The van der Waals surface area contributed by atoms with Crippen molar-refractivity contribution in [2.24, 2.45) is 0 Å².